The summed E-state index contributed by atoms with van der Waals surface area (Å²) in [6.45, 7) is 2.91. The number of hydrogen-bond acceptors (Lipinski definition) is 3. The highest BCUT2D eigenvalue weighted by molar-refractivity contribution is 5.14. The van der Waals surface area contributed by atoms with E-state index < -0.39 is 0 Å². The lowest BCUT2D eigenvalue weighted by Crippen LogP contribution is -2.24. The molecule has 0 spiro atoms. The first-order valence-corrected chi connectivity index (χ1v) is 8.79. The number of fused-ring (bicyclic) bond motifs is 1. The fourth-order valence-corrected chi connectivity index (χ4v) is 3.68. The van der Waals surface area contributed by atoms with E-state index in [1.54, 1.807) is 0 Å². The van der Waals surface area contributed by atoms with Gasteiger partial charge in [-0.05, 0) is 23.5 Å². The molecule has 0 radical (unpaired) electrons. The Morgan fingerprint density at radius 3 is 2.00 bits per heavy atom. The zero-order chi connectivity index (χ0) is 16.2. The summed E-state index contributed by atoms with van der Waals surface area (Å²) in [5.74, 6) is 1.02. The number of benzene rings is 2. The highest BCUT2D eigenvalue weighted by atomic mass is 16.6. The molecule has 0 bridgehead atoms. The molecule has 2 aromatic carbocycles. The predicted octanol–water partition coefficient (Wildman–Crippen LogP) is 3.82. The Hall–Kier alpha value is -1.68. The summed E-state index contributed by atoms with van der Waals surface area (Å²) in [6, 6.07) is 20.7. The van der Waals surface area contributed by atoms with Crippen molar-refractivity contribution in [3.05, 3.63) is 71.8 Å². The van der Waals surface area contributed by atoms with Crippen molar-refractivity contribution >= 4 is 0 Å². The summed E-state index contributed by atoms with van der Waals surface area (Å²) in [7, 11) is 0. The Bertz CT molecular complexity index is 628. The van der Waals surface area contributed by atoms with E-state index in [4.69, 9.17) is 14.2 Å². The molecular weight excluding hydrogens is 300 g/mol. The smallest absolute Gasteiger partial charge is 0.0895 e. The van der Waals surface area contributed by atoms with Crippen molar-refractivity contribution in [2.24, 2.45) is 11.8 Å². The number of ether oxygens (including phenoxy) is 3. The van der Waals surface area contributed by atoms with Crippen LogP contribution in [0.4, 0.5) is 0 Å². The molecule has 0 aromatic heterocycles. The maximum Gasteiger partial charge on any atom is 0.0895 e. The Balaban J connectivity index is 1.23. The standard InChI is InChI=1S/C21H24O3/c1-3-7-16(8-4-1)12-22-14-18-11-20-21(24-20)19(18)15-23-13-17-9-5-2-6-10-17/h1-10,18-21H,11-15H2/t18-,19-,20-,21+/m1/s1. The lowest BCUT2D eigenvalue weighted by molar-refractivity contribution is 0.00902. The molecule has 1 saturated heterocycles. The van der Waals surface area contributed by atoms with Crippen LogP contribution in [-0.4, -0.2) is 25.4 Å². The van der Waals surface area contributed by atoms with Crippen LogP contribution in [0, 0.1) is 11.8 Å². The Morgan fingerprint density at radius 1 is 0.792 bits per heavy atom. The minimum atomic E-state index is 0.395. The highest BCUT2D eigenvalue weighted by Crippen LogP contribution is 2.47. The minimum absolute atomic E-state index is 0.395. The topological polar surface area (TPSA) is 31.0 Å². The first-order chi connectivity index (χ1) is 11.9. The molecule has 24 heavy (non-hydrogen) atoms. The summed E-state index contributed by atoms with van der Waals surface area (Å²) in [5.41, 5.74) is 2.45. The van der Waals surface area contributed by atoms with Crippen molar-refractivity contribution in [1.29, 1.82) is 0 Å². The molecule has 4 rings (SSSR count). The van der Waals surface area contributed by atoms with Crippen LogP contribution in [0.25, 0.3) is 0 Å². The van der Waals surface area contributed by atoms with Crippen molar-refractivity contribution < 1.29 is 14.2 Å². The third-order valence-electron chi connectivity index (χ3n) is 5.05. The fraction of sp³-hybridized carbons (Fsp3) is 0.429. The number of hydrogen-bond donors (Lipinski definition) is 0. The van der Waals surface area contributed by atoms with Crippen LogP contribution in [0.3, 0.4) is 0 Å². The van der Waals surface area contributed by atoms with Crippen molar-refractivity contribution in [3.63, 3.8) is 0 Å². The zero-order valence-electron chi connectivity index (χ0n) is 13.8. The maximum atomic E-state index is 5.96. The second-order valence-electron chi connectivity index (χ2n) is 6.80. The second kappa shape index (κ2) is 7.47. The van der Waals surface area contributed by atoms with E-state index in [1.165, 1.54) is 11.1 Å². The SMILES string of the molecule is c1ccc(COC[C@H]2C[C@H]3O[C@H]3[C@@H]2COCc2ccccc2)cc1. The van der Waals surface area contributed by atoms with Crippen LogP contribution in [0.1, 0.15) is 17.5 Å². The van der Waals surface area contributed by atoms with Crippen molar-refractivity contribution in [3.8, 4) is 0 Å². The van der Waals surface area contributed by atoms with E-state index in [0.717, 1.165) is 19.6 Å². The summed E-state index contributed by atoms with van der Waals surface area (Å²) in [6.07, 6.45) is 1.95. The maximum absolute atomic E-state index is 5.96. The molecule has 0 N–H and O–H groups in total. The van der Waals surface area contributed by atoms with Gasteiger partial charge in [0.25, 0.3) is 0 Å². The second-order valence-corrected chi connectivity index (χ2v) is 6.80. The normalized spacial score (nSPS) is 27.8. The fourth-order valence-electron chi connectivity index (χ4n) is 3.68. The van der Waals surface area contributed by atoms with E-state index >= 15 is 0 Å². The molecule has 2 fully saturated rings. The molecule has 1 aliphatic carbocycles. The van der Waals surface area contributed by atoms with Crippen LogP contribution in [0.5, 0.6) is 0 Å². The van der Waals surface area contributed by atoms with E-state index in [0.29, 0.717) is 37.3 Å². The average molecular weight is 324 g/mol. The summed E-state index contributed by atoms with van der Waals surface area (Å²) in [5, 5.41) is 0. The summed E-state index contributed by atoms with van der Waals surface area (Å²) in [4.78, 5) is 0. The summed E-state index contributed by atoms with van der Waals surface area (Å²) < 4.78 is 17.6. The van der Waals surface area contributed by atoms with Gasteiger partial charge in [0.05, 0.1) is 38.6 Å². The Labute approximate surface area is 143 Å². The van der Waals surface area contributed by atoms with Crippen LogP contribution >= 0.6 is 0 Å². The van der Waals surface area contributed by atoms with Gasteiger partial charge in [-0.1, -0.05) is 60.7 Å². The molecule has 1 heterocycles. The molecule has 0 amide bonds. The van der Waals surface area contributed by atoms with Crippen molar-refractivity contribution in [2.45, 2.75) is 31.8 Å². The third-order valence-corrected chi connectivity index (χ3v) is 5.05. The van der Waals surface area contributed by atoms with E-state index in [-0.39, 0.29) is 0 Å². The molecule has 3 heteroatoms. The van der Waals surface area contributed by atoms with Gasteiger partial charge in [0.2, 0.25) is 0 Å². The van der Waals surface area contributed by atoms with Crippen LogP contribution in [0.15, 0.2) is 60.7 Å². The molecule has 1 aliphatic heterocycles. The van der Waals surface area contributed by atoms with Crippen molar-refractivity contribution in [2.75, 3.05) is 13.2 Å². The predicted molar refractivity (Wildman–Crippen MR) is 92.5 cm³/mol. The van der Waals surface area contributed by atoms with E-state index in [1.807, 2.05) is 12.1 Å². The van der Waals surface area contributed by atoms with Crippen LogP contribution in [-0.2, 0) is 27.4 Å². The van der Waals surface area contributed by atoms with Crippen molar-refractivity contribution in [1.82, 2.24) is 0 Å². The van der Waals surface area contributed by atoms with Gasteiger partial charge in [0.15, 0.2) is 0 Å². The quantitative estimate of drug-likeness (QED) is 0.692. The molecule has 3 nitrogen and oxygen atoms in total. The lowest BCUT2D eigenvalue weighted by Gasteiger charge is -2.22. The van der Waals surface area contributed by atoms with Crippen LogP contribution in [0.2, 0.25) is 0 Å². The minimum Gasteiger partial charge on any atom is -0.376 e. The molecule has 0 unspecified atom stereocenters. The van der Waals surface area contributed by atoms with Gasteiger partial charge < -0.3 is 14.2 Å². The van der Waals surface area contributed by atoms with Gasteiger partial charge >= 0.3 is 0 Å². The Morgan fingerprint density at radius 2 is 1.38 bits per heavy atom. The number of rotatable bonds is 8. The van der Waals surface area contributed by atoms with Gasteiger partial charge in [-0.2, -0.15) is 0 Å². The van der Waals surface area contributed by atoms with Gasteiger partial charge in [-0.15, -0.1) is 0 Å². The monoisotopic (exact) mass is 324 g/mol. The first kappa shape index (κ1) is 15.8. The van der Waals surface area contributed by atoms with Gasteiger partial charge in [-0.3, -0.25) is 0 Å². The highest BCUT2D eigenvalue weighted by Gasteiger charge is 2.55. The molecule has 2 aliphatic rings. The molecule has 4 atom stereocenters. The molecule has 126 valence electrons. The number of epoxide rings is 1. The third kappa shape index (κ3) is 3.86. The lowest BCUT2D eigenvalue weighted by atomic mass is 9.96. The van der Waals surface area contributed by atoms with Gasteiger partial charge in [0.1, 0.15) is 0 Å². The first-order valence-electron chi connectivity index (χ1n) is 8.79. The molecule has 1 saturated carbocycles. The van der Waals surface area contributed by atoms with E-state index in [9.17, 15) is 0 Å². The van der Waals surface area contributed by atoms with E-state index in [2.05, 4.69) is 48.5 Å². The zero-order valence-corrected chi connectivity index (χ0v) is 13.8. The average Bonchev–Trinajstić information content (AvgIpc) is 3.31. The van der Waals surface area contributed by atoms with Crippen LogP contribution < -0.4 is 0 Å². The van der Waals surface area contributed by atoms with Gasteiger partial charge in [0, 0.05) is 5.92 Å². The molecule has 2 aromatic rings. The summed E-state index contributed by atoms with van der Waals surface area (Å²) >= 11 is 0. The Kier molecular flexibility index (Phi) is 4.93. The van der Waals surface area contributed by atoms with Gasteiger partial charge in [-0.25, -0.2) is 0 Å². The molecular formula is C21H24O3. The largest absolute Gasteiger partial charge is 0.376 e.